The molecule has 19 heavy (non-hydrogen) atoms. The van der Waals surface area contributed by atoms with Crippen LogP contribution >= 0.6 is 0 Å². The third-order valence-electron chi connectivity index (χ3n) is 3.15. The SMILES string of the molecule is Cn1c(C=NCc2ccccc2)nc2ccccc21. The number of hydrogen-bond acceptors (Lipinski definition) is 2. The minimum Gasteiger partial charge on any atom is -0.326 e. The van der Waals surface area contributed by atoms with E-state index in [1.165, 1.54) is 5.56 Å². The average Bonchev–Trinajstić information content (AvgIpc) is 2.78. The van der Waals surface area contributed by atoms with Gasteiger partial charge in [-0.25, -0.2) is 4.98 Å². The van der Waals surface area contributed by atoms with Crippen molar-refractivity contribution in [3.05, 3.63) is 66.0 Å². The molecule has 0 aliphatic rings. The summed E-state index contributed by atoms with van der Waals surface area (Å²) in [6.45, 7) is 0.685. The largest absolute Gasteiger partial charge is 0.326 e. The molecule has 0 aliphatic heterocycles. The number of aryl methyl sites for hydroxylation is 1. The highest BCUT2D eigenvalue weighted by atomic mass is 15.1. The van der Waals surface area contributed by atoms with Gasteiger partial charge in [0.05, 0.1) is 23.8 Å². The quantitative estimate of drug-likeness (QED) is 0.656. The highest BCUT2D eigenvalue weighted by molar-refractivity contribution is 5.84. The van der Waals surface area contributed by atoms with E-state index in [1.54, 1.807) is 0 Å². The lowest BCUT2D eigenvalue weighted by Gasteiger charge is -1.97. The van der Waals surface area contributed by atoms with E-state index in [0.717, 1.165) is 16.9 Å². The standard InChI is InChI=1S/C16H15N3/c1-19-15-10-6-5-9-14(15)18-16(19)12-17-11-13-7-3-2-4-8-13/h2-10,12H,11H2,1H3. The first-order valence-electron chi connectivity index (χ1n) is 6.30. The Balaban J connectivity index is 1.83. The van der Waals surface area contributed by atoms with Crippen molar-refractivity contribution in [3.8, 4) is 0 Å². The van der Waals surface area contributed by atoms with Crippen molar-refractivity contribution >= 4 is 17.2 Å². The molecule has 3 nitrogen and oxygen atoms in total. The van der Waals surface area contributed by atoms with Crippen LogP contribution in [0.25, 0.3) is 11.0 Å². The maximum absolute atomic E-state index is 4.56. The number of hydrogen-bond donors (Lipinski definition) is 0. The molecule has 0 spiro atoms. The van der Waals surface area contributed by atoms with Gasteiger partial charge in [-0.3, -0.25) is 4.99 Å². The smallest absolute Gasteiger partial charge is 0.151 e. The van der Waals surface area contributed by atoms with Gasteiger partial charge in [-0.15, -0.1) is 0 Å². The van der Waals surface area contributed by atoms with Gasteiger partial charge < -0.3 is 4.57 Å². The van der Waals surface area contributed by atoms with Crippen LogP contribution in [0.15, 0.2) is 59.6 Å². The molecule has 2 aromatic carbocycles. The Morgan fingerprint density at radius 1 is 1.05 bits per heavy atom. The van der Waals surface area contributed by atoms with Gasteiger partial charge >= 0.3 is 0 Å². The topological polar surface area (TPSA) is 30.2 Å². The minimum absolute atomic E-state index is 0.685. The van der Waals surface area contributed by atoms with Gasteiger partial charge in [-0.1, -0.05) is 42.5 Å². The van der Waals surface area contributed by atoms with E-state index >= 15 is 0 Å². The van der Waals surface area contributed by atoms with Crippen LogP contribution in [0.4, 0.5) is 0 Å². The molecular formula is C16H15N3. The second kappa shape index (κ2) is 5.06. The molecule has 0 fully saturated rings. The molecule has 3 heteroatoms. The molecule has 0 radical (unpaired) electrons. The lowest BCUT2D eigenvalue weighted by Crippen LogP contribution is -1.96. The number of rotatable bonds is 3. The van der Waals surface area contributed by atoms with Gasteiger partial charge in [-0.2, -0.15) is 0 Å². The van der Waals surface area contributed by atoms with Crippen molar-refractivity contribution in [2.75, 3.05) is 0 Å². The van der Waals surface area contributed by atoms with Gasteiger partial charge in [-0.05, 0) is 17.7 Å². The summed E-state index contributed by atoms with van der Waals surface area (Å²) < 4.78 is 2.06. The molecule has 0 unspecified atom stereocenters. The Hall–Kier alpha value is -2.42. The molecule has 1 aromatic heterocycles. The number of aromatic nitrogens is 2. The third kappa shape index (κ3) is 2.40. The van der Waals surface area contributed by atoms with Crippen molar-refractivity contribution in [2.45, 2.75) is 6.54 Å². The highest BCUT2D eigenvalue weighted by Crippen LogP contribution is 2.13. The van der Waals surface area contributed by atoms with Crippen LogP contribution in [0.2, 0.25) is 0 Å². The number of fused-ring (bicyclic) bond motifs is 1. The molecule has 0 saturated carbocycles. The van der Waals surface area contributed by atoms with Crippen LogP contribution in [0.5, 0.6) is 0 Å². The fourth-order valence-corrected chi connectivity index (χ4v) is 2.10. The Labute approximate surface area is 112 Å². The summed E-state index contributed by atoms with van der Waals surface area (Å²) in [6, 6.07) is 18.3. The molecule has 1 heterocycles. The van der Waals surface area contributed by atoms with E-state index in [9.17, 15) is 0 Å². The molecule has 3 rings (SSSR count). The highest BCUT2D eigenvalue weighted by Gasteiger charge is 2.03. The van der Waals surface area contributed by atoms with Crippen molar-refractivity contribution < 1.29 is 0 Å². The number of para-hydroxylation sites is 2. The van der Waals surface area contributed by atoms with Gasteiger partial charge in [0.2, 0.25) is 0 Å². The van der Waals surface area contributed by atoms with Crippen LogP contribution in [0.1, 0.15) is 11.4 Å². The number of aliphatic imine (C=N–C) groups is 1. The van der Waals surface area contributed by atoms with Gasteiger partial charge in [0.1, 0.15) is 0 Å². The Bertz CT molecular complexity index is 711. The van der Waals surface area contributed by atoms with Gasteiger partial charge in [0, 0.05) is 7.05 Å². The van der Waals surface area contributed by atoms with E-state index in [2.05, 4.69) is 32.7 Å². The Morgan fingerprint density at radius 3 is 2.58 bits per heavy atom. The average molecular weight is 249 g/mol. The zero-order valence-electron chi connectivity index (χ0n) is 10.8. The lowest BCUT2D eigenvalue weighted by molar-refractivity contribution is 0.930. The third-order valence-corrected chi connectivity index (χ3v) is 3.15. The van der Waals surface area contributed by atoms with Crippen molar-refractivity contribution in [1.29, 1.82) is 0 Å². The number of nitrogens with zero attached hydrogens (tertiary/aromatic N) is 3. The molecule has 0 N–H and O–H groups in total. The fourth-order valence-electron chi connectivity index (χ4n) is 2.10. The molecule has 0 saturated heterocycles. The van der Waals surface area contributed by atoms with Crippen LogP contribution in [-0.4, -0.2) is 15.8 Å². The van der Waals surface area contributed by atoms with E-state index < -0.39 is 0 Å². The van der Waals surface area contributed by atoms with E-state index in [1.807, 2.05) is 49.7 Å². The van der Waals surface area contributed by atoms with Crippen LogP contribution < -0.4 is 0 Å². The first-order chi connectivity index (χ1) is 9.34. The van der Waals surface area contributed by atoms with Crippen LogP contribution in [0.3, 0.4) is 0 Å². The molecule has 3 aromatic rings. The van der Waals surface area contributed by atoms with Gasteiger partial charge in [0.15, 0.2) is 5.82 Å². The summed E-state index contributed by atoms with van der Waals surface area (Å²) in [6.07, 6.45) is 1.84. The second-order valence-electron chi connectivity index (χ2n) is 4.47. The molecule has 0 amide bonds. The predicted octanol–water partition coefficient (Wildman–Crippen LogP) is 3.19. The monoisotopic (exact) mass is 249 g/mol. The van der Waals surface area contributed by atoms with Crippen molar-refractivity contribution in [1.82, 2.24) is 9.55 Å². The van der Waals surface area contributed by atoms with E-state index in [0.29, 0.717) is 6.54 Å². The summed E-state index contributed by atoms with van der Waals surface area (Å²) in [7, 11) is 2.01. The van der Waals surface area contributed by atoms with Crippen molar-refractivity contribution in [3.63, 3.8) is 0 Å². The van der Waals surface area contributed by atoms with Crippen LogP contribution in [0, 0.1) is 0 Å². The molecular weight excluding hydrogens is 234 g/mol. The van der Waals surface area contributed by atoms with E-state index in [4.69, 9.17) is 0 Å². The first kappa shape index (κ1) is 11.7. The minimum atomic E-state index is 0.685. The lowest BCUT2D eigenvalue weighted by atomic mass is 10.2. The summed E-state index contributed by atoms with van der Waals surface area (Å²) >= 11 is 0. The van der Waals surface area contributed by atoms with E-state index in [-0.39, 0.29) is 0 Å². The number of benzene rings is 2. The zero-order chi connectivity index (χ0) is 13.1. The molecule has 0 aliphatic carbocycles. The zero-order valence-corrected chi connectivity index (χ0v) is 10.8. The predicted molar refractivity (Wildman–Crippen MR) is 78.5 cm³/mol. The maximum Gasteiger partial charge on any atom is 0.151 e. The first-order valence-corrected chi connectivity index (χ1v) is 6.30. The van der Waals surface area contributed by atoms with Crippen molar-refractivity contribution in [2.24, 2.45) is 12.0 Å². The normalized spacial score (nSPS) is 11.4. The number of imidazole rings is 1. The summed E-state index contributed by atoms with van der Waals surface area (Å²) in [5, 5.41) is 0. The summed E-state index contributed by atoms with van der Waals surface area (Å²) in [5.41, 5.74) is 3.34. The maximum atomic E-state index is 4.56. The van der Waals surface area contributed by atoms with Gasteiger partial charge in [0.25, 0.3) is 0 Å². The summed E-state index contributed by atoms with van der Waals surface area (Å²) in [5.74, 6) is 0.886. The Morgan fingerprint density at radius 2 is 1.79 bits per heavy atom. The van der Waals surface area contributed by atoms with Crippen LogP contribution in [-0.2, 0) is 13.6 Å². The second-order valence-corrected chi connectivity index (χ2v) is 4.47. The fraction of sp³-hybridized carbons (Fsp3) is 0.125. The Kier molecular flexibility index (Phi) is 3.11. The molecule has 0 bridgehead atoms. The molecule has 0 atom stereocenters. The summed E-state index contributed by atoms with van der Waals surface area (Å²) in [4.78, 5) is 9.02. The molecule has 94 valence electrons.